The van der Waals surface area contributed by atoms with Gasteiger partial charge in [-0.1, -0.05) is 0 Å². The zero-order valence-corrected chi connectivity index (χ0v) is 15.1. The standard InChI is InChI=1S/C19H22N4O3/c1-19(2)15-5-4-8-20-17(15)23(18(24)26-19)13-9-12(10-13)22-16-7-6-14(25-3)11-21-16/h4-8,11-13H,9-10H2,1-3H3,(H,21,22). The summed E-state index contributed by atoms with van der Waals surface area (Å²) in [4.78, 5) is 23.0. The van der Waals surface area contributed by atoms with Crippen molar-refractivity contribution in [2.45, 2.75) is 44.4 Å². The molecule has 1 saturated carbocycles. The number of carbonyl (C=O) groups excluding carboxylic acids is 1. The number of hydrogen-bond acceptors (Lipinski definition) is 6. The van der Waals surface area contributed by atoms with Gasteiger partial charge in [-0.25, -0.2) is 14.8 Å². The van der Waals surface area contributed by atoms with Crippen molar-refractivity contribution in [1.29, 1.82) is 0 Å². The number of nitrogens with zero attached hydrogens (tertiary/aromatic N) is 3. The zero-order valence-electron chi connectivity index (χ0n) is 15.1. The van der Waals surface area contributed by atoms with Crippen LogP contribution in [-0.2, 0) is 10.3 Å². The van der Waals surface area contributed by atoms with Crippen LogP contribution in [0.2, 0.25) is 0 Å². The molecule has 1 fully saturated rings. The fraction of sp³-hybridized carbons (Fsp3) is 0.421. The lowest BCUT2D eigenvalue weighted by Gasteiger charge is -2.46. The Bertz CT molecular complexity index is 816. The summed E-state index contributed by atoms with van der Waals surface area (Å²) in [5.41, 5.74) is 0.277. The van der Waals surface area contributed by atoms with Crippen LogP contribution >= 0.6 is 0 Å². The number of methoxy groups -OCH3 is 1. The van der Waals surface area contributed by atoms with Crippen LogP contribution in [-0.4, -0.2) is 35.3 Å². The average molecular weight is 354 g/mol. The van der Waals surface area contributed by atoms with E-state index in [2.05, 4.69) is 15.3 Å². The summed E-state index contributed by atoms with van der Waals surface area (Å²) in [6.07, 6.45) is 4.71. The topological polar surface area (TPSA) is 76.6 Å². The maximum absolute atomic E-state index is 12.6. The second-order valence-electron chi connectivity index (χ2n) is 7.17. The quantitative estimate of drug-likeness (QED) is 0.908. The molecule has 1 aliphatic carbocycles. The lowest BCUT2D eigenvalue weighted by Crippen LogP contribution is -2.56. The smallest absolute Gasteiger partial charge is 0.416 e. The van der Waals surface area contributed by atoms with Crippen molar-refractivity contribution in [3.63, 3.8) is 0 Å². The van der Waals surface area contributed by atoms with Gasteiger partial charge in [-0.3, -0.25) is 4.90 Å². The highest BCUT2D eigenvalue weighted by atomic mass is 16.6. The molecule has 0 saturated heterocycles. The fourth-order valence-electron chi connectivity index (χ4n) is 3.50. The van der Waals surface area contributed by atoms with Gasteiger partial charge in [0.1, 0.15) is 23.0 Å². The van der Waals surface area contributed by atoms with Gasteiger partial charge < -0.3 is 14.8 Å². The van der Waals surface area contributed by atoms with Gasteiger partial charge in [0.15, 0.2) is 0 Å². The van der Waals surface area contributed by atoms with E-state index in [1.165, 1.54) is 0 Å². The molecule has 7 nitrogen and oxygen atoms in total. The molecule has 0 bridgehead atoms. The molecule has 0 aromatic carbocycles. The second kappa shape index (κ2) is 6.16. The minimum Gasteiger partial charge on any atom is -0.495 e. The monoisotopic (exact) mass is 354 g/mol. The van der Waals surface area contributed by atoms with Gasteiger partial charge in [-0.2, -0.15) is 0 Å². The second-order valence-corrected chi connectivity index (χ2v) is 7.17. The van der Waals surface area contributed by atoms with E-state index in [9.17, 15) is 4.79 Å². The van der Waals surface area contributed by atoms with Crippen LogP contribution in [0.5, 0.6) is 5.75 Å². The van der Waals surface area contributed by atoms with E-state index in [1.54, 1.807) is 24.4 Å². The molecule has 0 spiro atoms. The molecule has 2 aliphatic rings. The van der Waals surface area contributed by atoms with E-state index in [0.29, 0.717) is 5.82 Å². The number of nitrogens with one attached hydrogen (secondary N) is 1. The van der Waals surface area contributed by atoms with E-state index in [-0.39, 0.29) is 18.2 Å². The first kappa shape index (κ1) is 16.6. The molecule has 2 aromatic heterocycles. The summed E-state index contributed by atoms with van der Waals surface area (Å²) in [6, 6.07) is 7.94. The Kier molecular flexibility index (Phi) is 3.94. The molecule has 2 aromatic rings. The Morgan fingerprint density at radius 2 is 2.08 bits per heavy atom. The van der Waals surface area contributed by atoms with Crippen LogP contribution in [0.25, 0.3) is 0 Å². The number of carbonyl (C=O) groups is 1. The van der Waals surface area contributed by atoms with E-state index in [0.717, 1.165) is 30.0 Å². The minimum atomic E-state index is -0.661. The molecule has 136 valence electrons. The van der Waals surface area contributed by atoms with E-state index in [4.69, 9.17) is 9.47 Å². The highest BCUT2D eigenvalue weighted by Gasteiger charge is 2.45. The molecular formula is C19H22N4O3. The normalized spacial score (nSPS) is 23.5. The molecule has 0 unspecified atom stereocenters. The lowest BCUT2D eigenvalue weighted by atomic mass is 9.84. The minimum absolute atomic E-state index is 0.0722. The number of hydrogen-bond donors (Lipinski definition) is 1. The van der Waals surface area contributed by atoms with Crippen molar-refractivity contribution >= 4 is 17.7 Å². The van der Waals surface area contributed by atoms with Crippen LogP contribution in [0.1, 0.15) is 32.3 Å². The third kappa shape index (κ3) is 2.83. The fourth-order valence-corrected chi connectivity index (χ4v) is 3.50. The van der Waals surface area contributed by atoms with Crippen molar-refractivity contribution in [2.75, 3.05) is 17.3 Å². The predicted molar refractivity (Wildman–Crippen MR) is 97.4 cm³/mol. The SMILES string of the molecule is COc1ccc(NC2CC(N3C(=O)OC(C)(C)c4cccnc43)C2)nc1. The largest absolute Gasteiger partial charge is 0.495 e. The summed E-state index contributed by atoms with van der Waals surface area (Å²) < 4.78 is 10.8. The number of pyridine rings is 2. The third-order valence-electron chi connectivity index (χ3n) is 5.01. The van der Waals surface area contributed by atoms with Crippen molar-refractivity contribution in [1.82, 2.24) is 9.97 Å². The Labute approximate surface area is 152 Å². The number of anilines is 2. The first-order valence-corrected chi connectivity index (χ1v) is 8.72. The number of ether oxygens (including phenoxy) is 2. The molecule has 1 aliphatic heterocycles. The van der Waals surface area contributed by atoms with Crippen LogP contribution < -0.4 is 15.0 Å². The molecule has 3 heterocycles. The van der Waals surface area contributed by atoms with Gasteiger partial charge in [0.25, 0.3) is 0 Å². The summed E-state index contributed by atoms with van der Waals surface area (Å²) in [5.74, 6) is 2.23. The van der Waals surface area contributed by atoms with Gasteiger partial charge in [-0.15, -0.1) is 0 Å². The number of amides is 1. The molecule has 0 atom stereocenters. The van der Waals surface area contributed by atoms with Crippen molar-refractivity contribution in [3.05, 3.63) is 42.2 Å². The molecule has 7 heteroatoms. The summed E-state index contributed by atoms with van der Waals surface area (Å²) in [5, 5.41) is 3.39. The van der Waals surface area contributed by atoms with Crippen molar-refractivity contribution in [3.8, 4) is 5.75 Å². The Morgan fingerprint density at radius 1 is 1.27 bits per heavy atom. The zero-order chi connectivity index (χ0) is 18.3. The van der Waals surface area contributed by atoms with Crippen LogP contribution in [0, 0.1) is 0 Å². The van der Waals surface area contributed by atoms with E-state index in [1.807, 2.05) is 38.1 Å². The highest BCUT2D eigenvalue weighted by Crippen LogP contribution is 2.41. The number of rotatable bonds is 4. The summed E-state index contributed by atoms with van der Waals surface area (Å²) in [7, 11) is 1.62. The third-order valence-corrected chi connectivity index (χ3v) is 5.01. The molecule has 1 amide bonds. The summed E-state index contributed by atoms with van der Waals surface area (Å²) in [6.45, 7) is 3.78. The van der Waals surface area contributed by atoms with Gasteiger partial charge in [0.2, 0.25) is 0 Å². The predicted octanol–water partition coefficient (Wildman–Crippen LogP) is 3.32. The summed E-state index contributed by atoms with van der Waals surface area (Å²) >= 11 is 0. The van der Waals surface area contributed by atoms with Crippen LogP contribution in [0.4, 0.5) is 16.4 Å². The van der Waals surface area contributed by atoms with E-state index < -0.39 is 5.60 Å². The van der Waals surface area contributed by atoms with Gasteiger partial charge in [-0.05, 0) is 51.0 Å². The Hall–Kier alpha value is -2.83. The molecule has 26 heavy (non-hydrogen) atoms. The average Bonchev–Trinajstić information content (AvgIpc) is 2.59. The first-order chi connectivity index (χ1) is 12.5. The molecule has 0 radical (unpaired) electrons. The van der Waals surface area contributed by atoms with Crippen LogP contribution in [0.15, 0.2) is 36.7 Å². The maximum Gasteiger partial charge on any atom is 0.416 e. The number of fused-ring (bicyclic) bond motifs is 1. The lowest BCUT2D eigenvalue weighted by molar-refractivity contribution is 0.0305. The van der Waals surface area contributed by atoms with E-state index >= 15 is 0 Å². The molecule has 1 N–H and O–H groups in total. The molecular weight excluding hydrogens is 332 g/mol. The highest BCUT2D eigenvalue weighted by molar-refractivity contribution is 5.91. The molecule has 4 rings (SSSR count). The van der Waals surface area contributed by atoms with Gasteiger partial charge >= 0.3 is 6.09 Å². The van der Waals surface area contributed by atoms with Gasteiger partial charge in [0.05, 0.1) is 13.3 Å². The Balaban J connectivity index is 1.45. The first-order valence-electron chi connectivity index (χ1n) is 8.72. The van der Waals surface area contributed by atoms with Crippen LogP contribution in [0.3, 0.4) is 0 Å². The maximum atomic E-state index is 12.6. The Morgan fingerprint density at radius 3 is 2.77 bits per heavy atom. The van der Waals surface area contributed by atoms with Crippen molar-refractivity contribution < 1.29 is 14.3 Å². The van der Waals surface area contributed by atoms with Crippen molar-refractivity contribution in [2.24, 2.45) is 0 Å². The van der Waals surface area contributed by atoms with Gasteiger partial charge in [0, 0.05) is 23.8 Å². The number of cyclic esters (lactones) is 1. The number of aromatic nitrogens is 2.